The van der Waals surface area contributed by atoms with Crippen molar-refractivity contribution in [3.8, 4) is 5.75 Å². The van der Waals surface area contributed by atoms with Crippen LogP contribution < -0.4 is 20.0 Å². The van der Waals surface area contributed by atoms with Gasteiger partial charge in [0.15, 0.2) is 0 Å². The van der Waals surface area contributed by atoms with Gasteiger partial charge in [0, 0.05) is 35.3 Å². The molecule has 9 nitrogen and oxygen atoms in total. The molecule has 3 amide bonds. The first-order valence-electron chi connectivity index (χ1n) is 14.1. The first kappa shape index (κ1) is 28.8. The summed E-state index contributed by atoms with van der Waals surface area (Å²) in [5, 5.41) is 12.1. The molecule has 3 heterocycles. The molecule has 0 bridgehead atoms. The highest BCUT2D eigenvalue weighted by atomic mass is 32.2. The standard InChI is InChI=1S/C32H30N4O5S2/c1-3-34(4-2)21-14-10-19(11-15-21)25-26-27(30(40)36(29(26)39)22-8-6-5-7-9-22)42-31-28(25)43-32(41)35(31)18-24(38)33-20-12-16-23(37)17-13-20/h5-17,25-27,37H,3-4,18H2,1-2H3,(H,33,38)/t25-,26-,27+/m0/s1. The van der Waals surface area contributed by atoms with Crippen LogP contribution in [0.15, 0.2) is 88.7 Å². The minimum absolute atomic E-state index is 0.0728. The van der Waals surface area contributed by atoms with E-state index in [0.29, 0.717) is 21.3 Å². The quantitative estimate of drug-likeness (QED) is 0.215. The fourth-order valence-electron chi connectivity index (χ4n) is 5.82. The average molecular weight is 615 g/mol. The van der Waals surface area contributed by atoms with Crippen LogP contribution in [0.2, 0.25) is 0 Å². The molecule has 2 N–H and O–H groups in total. The number of nitrogens with zero attached hydrogens (tertiary/aromatic N) is 3. The molecule has 1 saturated heterocycles. The van der Waals surface area contributed by atoms with Crippen molar-refractivity contribution in [3.63, 3.8) is 0 Å². The number of amides is 3. The first-order valence-corrected chi connectivity index (χ1v) is 15.8. The Bertz CT molecular complexity index is 1730. The fraction of sp³-hybridized carbons (Fsp3) is 0.250. The van der Waals surface area contributed by atoms with E-state index in [1.54, 1.807) is 36.4 Å². The van der Waals surface area contributed by atoms with Crippen LogP contribution in [0.5, 0.6) is 5.75 Å². The van der Waals surface area contributed by atoms with E-state index in [4.69, 9.17) is 0 Å². The predicted molar refractivity (Wildman–Crippen MR) is 169 cm³/mol. The SMILES string of the molecule is CCN(CC)c1ccc([C@@H]2c3sc(=O)n(CC(=O)Nc4ccc(O)cc4)c3S[C@H]3C(=O)N(c4ccccc4)C(=O)[C@@H]23)cc1. The number of phenols is 1. The van der Waals surface area contributed by atoms with Crippen LogP contribution in [0.1, 0.15) is 30.2 Å². The molecule has 1 aromatic heterocycles. The molecule has 3 aromatic carbocycles. The Kier molecular flexibility index (Phi) is 7.85. The molecule has 0 radical (unpaired) electrons. The lowest BCUT2D eigenvalue weighted by molar-refractivity contribution is -0.122. The van der Waals surface area contributed by atoms with Crippen LogP contribution in [0, 0.1) is 5.92 Å². The van der Waals surface area contributed by atoms with E-state index < -0.39 is 23.0 Å². The number of para-hydroxylation sites is 1. The second-order valence-corrected chi connectivity index (χ2v) is 12.5. The number of nitrogens with one attached hydrogen (secondary N) is 1. The minimum Gasteiger partial charge on any atom is -0.508 e. The van der Waals surface area contributed by atoms with E-state index in [1.165, 1.54) is 33.4 Å². The highest BCUT2D eigenvalue weighted by molar-refractivity contribution is 8.00. The summed E-state index contributed by atoms with van der Waals surface area (Å²) in [5.74, 6) is -2.22. The Hall–Kier alpha value is -4.35. The zero-order valence-corrected chi connectivity index (χ0v) is 25.2. The molecule has 2 aliphatic heterocycles. The molecule has 220 valence electrons. The Morgan fingerprint density at radius 2 is 1.58 bits per heavy atom. The lowest BCUT2D eigenvalue weighted by atomic mass is 9.83. The molecule has 0 aliphatic carbocycles. The molecular formula is C32H30N4O5S2. The summed E-state index contributed by atoms with van der Waals surface area (Å²) in [6.07, 6.45) is 0. The number of hydrogen-bond acceptors (Lipinski definition) is 8. The molecule has 0 unspecified atom stereocenters. The number of imide groups is 1. The number of thioether (sulfide) groups is 1. The first-order chi connectivity index (χ1) is 20.8. The Morgan fingerprint density at radius 1 is 0.907 bits per heavy atom. The van der Waals surface area contributed by atoms with E-state index in [-0.39, 0.29) is 29.0 Å². The van der Waals surface area contributed by atoms with Crippen LogP contribution in [0.25, 0.3) is 0 Å². The maximum Gasteiger partial charge on any atom is 0.308 e. The van der Waals surface area contributed by atoms with Crippen molar-refractivity contribution in [2.75, 3.05) is 28.2 Å². The molecule has 43 heavy (non-hydrogen) atoms. The highest BCUT2D eigenvalue weighted by Crippen LogP contribution is 2.54. The number of aromatic hydroxyl groups is 1. The van der Waals surface area contributed by atoms with Crippen molar-refractivity contribution in [1.82, 2.24) is 4.57 Å². The summed E-state index contributed by atoms with van der Waals surface area (Å²) in [5.41, 5.74) is 2.88. The lowest BCUT2D eigenvalue weighted by Gasteiger charge is -2.31. The van der Waals surface area contributed by atoms with Crippen molar-refractivity contribution in [2.45, 2.75) is 36.6 Å². The van der Waals surface area contributed by atoms with Crippen LogP contribution in [0.3, 0.4) is 0 Å². The molecular weight excluding hydrogens is 585 g/mol. The van der Waals surface area contributed by atoms with Crippen LogP contribution in [-0.4, -0.2) is 45.7 Å². The van der Waals surface area contributed by atoms with Crippen LogP contribution in [0.4, 0.5) is 17.1 Å². The fourth-order valence-corrected chi connectivity index (χ4v) is 8.59. The number of carbonyl (C=O) groups excluding carboxylic acids is 3. The molecule has 11 heteroatoms. The number of benzene rings is 3. The Morgan fingerprint density at radius 3 is 2.23 bits per heavy atom. The summed E-state index contributed by atoms with van der Waals surface area (Å²) in [7, 11) is 0. The normalized spacial score (nSPS) is 19.2. The number of rotatable bonds is 8. The van der Waals surface area contributed by atoms with Crippen molar-refractivity contribution in [1.29, 1.82) is 0 Å². The van der Waals surface area contributed by atoms with E-state index in [0.717, 1.165) is 35.7 Å². The molecule has 0 spiro atoms. The second-order valence-electron chi connectivity index (χ2n) is 10.4. The van der Waals surface area contributed by atoms with Gasteiger partial charge in [0.2, 0.25) is 17.7 Å². The Balaban J connectivity index is 1.40. The van der Waals surface area contributed by atoms with Gasteiger partial charge < -0.3 is 15.3 Å². The van der Waals surface area contributed by atoms with Gasteiger partial charge in [-0.2, -0.15) is 0 Å². The zero-order valence-electron chi connectivity index (χ0n) is 23.6. The summed E-state index contributed by atoms with van der Waals surface area (Å²) in [4.78, 5) is 58.1. The summed E-state index contributed by atoms with van der Waals surface area (Å²) < 4.78 is 1.40. The largest absolute Gasteiger partial charge is 0.508 e. The third-order valence-corrected chi connectivity index (χ3v) is 10.5. The van der Waals surface area contributed by atoms with E-state index in [1.807, 2.05) is 30.3 Å². The maximum atomic E-state index is 14.0. The number of phenolic OH excluding ortho intramolecular Hbond substituents is 1. The summed E-state index contributed by atoms with van der Waals surface area (Å²) in [6, 6.07) is 22.9. The number of thiazole rings is 1. The third-order valence-electron chi connectivity index (χ3n) is 7.90. The smallest absolute Gasteiger partial charge is 0.308 e. The van der Waals surface area contributed by atoms with Gasteiger partial charge in [-0.3, -0.25) is 23.7 Å². The molecule has 4 aromatic rings. The Labute approximate surface area is 256 Å². The van der Waals surface area contributed by atoms with Gasteiger partial charge in [-0.1, -0.05) is 53.4 Å². The molecule has 6 rings (SSSR count). The van der Waals surface area contributed by atoms with Crippen molar-refractivity contribution < 1.29 is 19.5 Å². The molecule has 1 fully saturated rings. The molecule has 3 atom stereocenters. The van der Waals surface area contributed by atoms with Crippen LogP contribution >= 0.6 is 23.1 Å². The van der Waals surface area contributed by atoms with E-state index >= 15 is 0 Å². The lowest BCUT2D eigenvalue weighted by Crippen LogP contribution is -2.33. The van der Waals surface area contributed by atoms with Gasteiger partial charge in [-0.15, -0.1) is 0 Å². The minimum atomic E-state index is -0.756. The topological polar surface area (TPSA) is 112 Å². The zero-order chi connectivity index (χ0) is 30.2. The summed E-state index contributed by atoms with van der Waals surface area (Å²) >= 11 is 2.21. The van der Waals surface area contributed by atoms with Gasteiger partial charge in [0.05, 0.1) is 16.6 Å². The monoisotopic (exact) mass is 614 g/mol. The van der Waals surface area contributed by atoms with E-state index in [2.05, 4.69) is 24.1 Å². The summed E-state index contributed by atoms with van der Waals surface area (Å²) in [6.45, 7) is 5.62. The number of carbonyl (C=O) groups is 3. The predicted octanol–water partition coefficient (Wildman–Crippen LogP) is 4.90. The van der Waals surface area contributed by atoms with Gasteiger partial charge in [-0.05, 0) is 67.9 Å². The van der Waals surface area contributed by atoms with Gasteiger partial charge in [0.1, 0.15) is 17.5 Å². The third kappa shape index (κ3) is 5.23. The second kappa shape index (κ2) is 11.7. The number of fused-ring (bicyclic) bond motifs is 2. The number of aromatic nitrogens is 1. The number of hydrogen-bond donors (Lipinski definition) is 2. The van der Waals surface area contributed by atoms with Gasteiger partial charge in [0.25, 0.3) is 0 Å². The average Bonchev–Trinajstić information content (AvgIpc) is 3.46. The number of anilines is 3. The van der Waals surface area contributed by atoms with Crippen molar-refractivity contribution in [3.05, 3.63) is 99.0 Å². The van der Waals surface area contributed by atoms with Gasteiger partial charge in [-0.25, -0.2) is 4.90 Å². The molecule has 2 aliphatic rings. The van der Waals surface area contributed by atoms with Crippen molar-refractivity contribution >= 4 is 57.9 Å². The maximum absolute atomic E-state index is 14.0. The van der Waals surface area contributed by atoms with E-state index in [9.17, 15) is 24.3 Å². The van der Waals surface area contributed by atoms with Crippen molar-refractivity contribution in [2.24, 2.45) is 5.92 Å². The molecule has 0 saturated carbocycles. The van der Waals surface area contributed by atoms with Crippen LogP contribution in [-0.2, 0) is 20.9 Å². The highest BCUT2D eigenvalue weighted by Gasteiger charge is 2.56. The van der Waals surface area contributed by atoms with Gasteiger partial charge >= 0.3 is 4.87 Å².